The first-order chi connectivity index (χ1) is 10.0. The second-order valence-electron chi connectivity index (χ2n) is 2.04. The average molecular weight is 636 g/mol. The molecule has 0 aliphatic heterocycles. The van der Waals surface area contributed by atoms with Crippen LogP contribution in [0.1, 0.15) is 0 Å². The van der Waals surface area contributed by atoms with E-state index in [2.05, 4.69) is 0 Å². The van der Waals surface area contributed by atoms with Crippen LogP contribution in [0, 0.1) is 0 Å². The summed E-state index contributed by atoms with van der Waals surface area (Å²) in [5.41, 5.74) is 0. The van der Waals surface area contributed by atoms with Gasteiger partial charge in [0.05, 0.1) is 0 Å². The molecule has 30 heavy (non-hydrogen) atoms. The predicted octanol–water partition coefficient (Wildman–Crippen LogP) is -9.17. The van der Waals surface area contributed by atoms with E-state index in [1.54, 1.807) is 0 Å². The second kappa shape index (κ2) is 25.7. The first-order valence-corrected chi connectivity index (χ1v) is 10.0. The third kappa shape index (κ3) is 134000. The normalized spacial score (nSPS) is 9.67. The molecule has 2 radical (unpaired) electrons. The summed E-state index contributed by atoms with van der Waals surface area (Å²) in [5.74, 6) is 0. The van der Waals surface area contributed by atoms with Crippen LogP contribution in [0.25, 0.3) is 0 Å². The summed E-state index contributed by atoms with van der Waals surface area (Å²) in [7, 11) is -25.8. The van der Waals surface area contributed by atoms with Crippen molar-refractivity contribution >= 4 is 52.0 Å². The van der Waals surface area contributed by atoms with Gasteiger partial charge in [0.15, 0.2) is 0 Å². The maximum absolute atomic E-state index is 8.52. The molecule has 0 aromatic carbocycles. The third-order valence-electron chi connectivity index (χ3n) is 0. The Morgan fingerprint density at radius 1 is 0.267 bits per heavy atom. The van der Waals surface area contributed by atoms with Crippen molar-refractivity contribution in [3.05, 3.63) is 0 Å². The van der Waals surface area contributed by atoms with Gasteiger partial charge in [-0.3, -0.25) is 42.1 Å². The molecule has 0 saturated heterocycles. The van der Waals surface area contributed by atoms with E-state index < -0.39 is 52.0 Å². The van der Waals surface area contributed by atoms with Crippen LogP contribution >= 0.6 is 0 Å². The summed E-state index contributed by atoms with van der Waals surface area (Å²) in [6, 6.07) is 0. The molecule has 0 unspecified atom stereocenters. The zero-order valence-corrected chi connectivity index (χ0v) is 19.5. The van der Waals surface area contributed by atoms with Gasteiger partial charge in [0.25, 0.3) is 0 Å². The van der Waals surface area contributed by atoms with Crippen LogP contribution in [0.5, 0.6) is 0 Å². The number of rotatable bonds is 0. The smallest absolute Gasteiger partial charge is 0.0311 e. The van der Waals surface area contributed by atoms with Crippen molar-refractivity contribution in [2.45, 2.75) is 0 Å². The molecule has 0 heterocycles. The molecule has 6 N–H and O–H groups in total. The van der Waals surface area contributed by atoms with Gasteiger partial charge in [-0.25, -0.2) is 0 Å². The molecule has 194 valence electrons. The fourth-order valence-corrected chi connectivity index (χ4v) is 0. The average Bonchev–Trinajstić information content (AvgIpc) is 1.79. The SMILES string of the molecule is O.O.O.O=S(=O)([O-])[O-].O=S(=O)([O-])[O-].O=S(=O)([O-])[O-].O=S(=O)([O-])[O-].O=S(=O)([O-])[O-].[V].[V]. The molecule has 30 heteroatoms. The van der Waals surface area contributed by atoms with Crippen molar-refractivity contribution in [3.63, 3.8) is 0 Å². The van der Waals surface area contributed by atoms with Crippen molar-refractivity contribution in [3.8, 4) is 0 Å². The summed E-state index contributed by atoms with van der Waals surface area (Å²) in [6.45, 7) is 0. The Morgan fingerprint density at radius 3 is 0.267 bits per heavy atom. The Balaban J connectivity index is -0.0000000200. The molecule has 0 spiro atoms. The van der Waals surface area contributed by atoms with E-state index in [9.17, 15) is 0 Å². The minimum Gasteiger partial charge on any atom is -0.759 e. The molecular formula is H6O23S5V2-10. The van der Waals surface area contributed by atoms with Gasteiger partial charge in [-0.2, -0.15) is 0 Å². The van der Waals surface area contributed by atoms with Crippen LogP contribution in [0.3, 0.4) is 0 Å². The van der Waals surface area contributed by atoms with Gasteiger partial charge in [-0.15, -0.1) is 0 Å². The molecule has 0 atom stereocenters. The van der Waals surface area contributed by atoms with E-state index in [-0.39, 0.29) is 53.5 Å². The third-order valence-corrected chi connectivity index (χ3v) is 0. The zero-order chi connectivity index (χ0) is 22.5. The molecule has 0 aromatic heterocycles. The van der Waals surface area contributed by atoms with Gasteiger partial charge >= 0.3 is 0 Å². The molecule has 0 aliphatic rings. The molecule has 0 aliphatic carbocycles. The minimum absolute atomic E-state index is 0. The Morgan fingerprint density at radius 2 is 0.267 bits per heavy atom. The Kier molecular flexibility index (Phi) is 54.0. The predicted molar refractivity (Wildman–Crippen MR) is 63.2 cm³/mol. The van der Waals surface area contributed by atoms with Gasteiger partial charge in [-0.1, -0.05) is 0 Å². The van der Waals surface area contributed by atoms with Crippen LogP contribution < -0.4 is 0 Å². The van der Waals surface area contributed by atoms with Crippen LogP contribution in [0.4, 0.5) is 0 Å². The van der Waals surface area contributed by atoms with Crippen molar-refractivity contribution < 1.29 is 141 Å². The maximum atomic E-state index is 8.52. The molecule has 0 bridgehead atoms. The summed E-state index contributed by atoms with van der Waals surface area (Å²) in [5, 5.41) is 0. The molecule has 0 aromatic rings. The van der Waals surface area contributed by atoms with Crippen molar-refractivity contribution in [1.82, 2.24) is 0 Å². The minimum atomic E-state index is -5.17. The number of hydrogen-bond donors (Lipinski definition) is 0. The summed E-state index contributed by atoms with van der Waals surface area (Å²) in [4.78, 5) is 0. The summed E-state index contributed by atoms with van der Waals surface area (Å²) >= 11 is 0. The summed E-state index contributed by atoms with van der Waals surface area (Å²) in [6.07, 6.45) is 0. The Hall–Kier alpha value is 0.399. The first kappa shape index (κ1) is 63.1. The molecule has 0 rings (SSSR count). The maximum Gasteiger partial charge on any atom is 0.0311 e. The largest absolute Gasteiger partial charge is 0.759 e. The van der Waals surface area contributed by atoms with Crippen molar-refractivity contribution in [1.29, 1.82) is 0 Å². The van der Waals surface area contributed by atoms with Gasteiger partial charge < -0.3 is 62.0 Å². The quantitative estimate of drug-likeness (QED) is 0.176. The second-order valence-corrected chi connectivity index (χ2v) is 6.12. The van der Waals surface area contributed by atoms with Crippen LogP contribution in [-0.2, 0) is 89.1 Å². The van der Waals surface area contributed by atoms with E-state index >= 15 is 0 Å². The van der Waals surface area contributed by atoms with Crippen LogP contribution in [0.15, 0.2) is 0 Å². The molecule has 0 saturated carbocycles. The van der Waals surface area contributed by atoms with Crippen LogP contribution in [0.2, 0.25) is 0 Å². The standard InChI is InChI=1S/5H2O4S.3H2O.2V/c5*1-5(2,3)4;;;;;/h5*(H2,1,2,3,4);3*1H2;;/p-10. The van der Waals surface area contributed by atoms with E-state index in [4.69, 9.17) is 87.6 Å². The fourth-order valence-electron chi connectivity index (χ4n) is 0. The fraction of sp³-hybridized carbons (Fsp3) is 0. The van der Waals surface area contributed by atoms with Gasteiger partial charge in [-0.05, 0) is 0 Å². The molecule has 0 fully saturated rings. The van der Waals surface area contributed by atoms with E-state index in [0.717, 1.165) is 0 Å². The Labute approximate surface area is 192 Å². The van der Waals surface area contributed by atoms with Crippen molar-refractivity contribution in [2.75, 3.05) is 0 Å². The number of hydrogen-bond acceptors (Lipinski definition) is 20. The monoisotopic (exact) mass is 636 g/mol. The van der Waals surface area contributed by atoms with Gasteiger partial charge in [0.2, 0.25) is 0 Å². The van der Waals surface area contributed by atoms with E-state index in [1.807, 2.05) is 0 Å². The molecule has 23 nitrogen and oxygen atoms in total. The molecule has 0 amide bonds. The molecular weight excluding hydrogens is 630 g/mol. The first-order valence-electron chi connectivity index (χ1n) is 3.33. The van der Waals surface area contributed by atoms with Crippen LogP contribution in [-0.4, -0.2) is 104 Å². The van der Waals surface area contributed by atoms with Gasteiger partial charge in [0, 0.05) is 89.1 Å². The zero-order valence-electron chi connectivity index (χ0n) is 12.6. The van der Waals surface area contributed by atoms with E-state index in [1.165, 1.54) is 0 Å². The van der Waals surface area contributed by atoms with Gasteiger partial charge in [0.1, 0.15) is 0 Å². The van der Waals surface area contributed by atoms with E-state index in [0.29, 0.717) is 0 Å². The van der Waals surface area contributed by atoms with Crippen molar-refractivity contribution in [2.24, 2.45) is 0 Å². The summed E-state index contributed by atoms with van der Waals surface area (Å²) < 4.78 is 170. The topological polar surface area (TPSA) is 496 Å². The Bertz CT molecular complexity index is 620.